The molecule has 0 spiro atoms. The van der Waals surface area contributed by atoms with Crippen molar-refractivity contribution < 1.29 is 0 Å². The number of rotatable bonds is 10. The second-order valence-electron chi connectivity index (χ2n) is 7.35. The van der Waals surface area contributed by atoms with Crippen LogP contribution in [0, 0.1) is 0 Å². The van der Waals surface area contributed by atoms with Gasteiger partial charge in [0, 0.05) is 30.1 Å². The van der Waals surface area contributed by atoms with E-state index in [2.05, 4.69) is 92.4 Å². The molecule has 1 rings (SSSR count). The lowest BCUT2D eigenvalue weighted by atomic mass is 10.1. The smallest absolute Gasteiger partial charge is 0.0220 e. The lowest BCUT2D eigenvalue weighted by Crippen LogP contribution is -2.48. The summed E-state index contributed by atoms with van der Waals surface area (Å²) in [7, 11) is 2.84. The van der Waals surface area contributed by atoms with E-state index in [0.717, 1.165) is 26.1 Å². The Balaban J connectivity index is 2.73. The maximum Gasteiger partial charge on any atom is 0.0220 e. The molecule has 1 aliphatic rings. The fraction of sp³-hybridized carbons (Fsp3) is 0.619. The first-order chi connectivity index (χ1) is 11.7. The summed E-state index contributed by atoms with van der Waals surface area (Å²) in [5.41, 5.74) is 1.28. The predicted octanol–water partition coefficient (Wildman–Crippen LogP) is 4.00. The lowest BCUT2D eigenvalue weighted by molar-refractivity contribution is 0.129. The fourth-order valence-electron chi connectivity index (χ4n) is 3.16. The predicted molar refractivity (Wildman–Crippen MR) is 120 cm³/mol. The van der Waals surface area contributed by atoms with E-state index in [1.54, 1.807) is 0 Å². The first kappa shape index (κ1) is 22.2. The number of hydrogen-bond donors (Lipinski definition) is 1. The molecule has 0 saturated heterocycles. The van der Waals surface area contributed by atoms with E-state index in [0.29, 0.717) is 12.1 Å². The summed E-state index contributed by atoms with van der Waals surface area (Å²) in [6, 6.07) is 1.06. The molecule has 3 nitrogen and oxygen atoms in total. The van der Waals surface area contributed by atoms with Crippen LogP contribution in [0.15, 0.2) is 34.8 Å². The molecule has 0 radical (unpaired) electrons. The fourth-order valence-corrected chi connectivity index (χ4v) is 4.83. The molecule has 0 aromatic rings. The maximum atomic E-state index is 4.43. The number of likely N-dealkylation sites (N-methyl/N-ethyl adjacent to an activating group) is 1. The van der Waals surface area contributed by atoms with Gasteiger partial charge in [-0.2, -0.15) is 0 Å². The van der Waals surface area contributed by atoms with Crippen molar-refractivity contribution in [3.05, 3.63) is 34.8 Å². The Labute approximate surface area is 157 Å². The minimum atomic E-state index is -1.47. The molecule has 0 aliphatic heterocycles. The molecule has 0 bridgehead atoms. The number of hydrogen-bond acceptors (Lipinski definition) is 3. The van der Waals surface area contributed by atoms with Gasteiger partial charge in [-0.3, -0.25) is 9.62 Å². The van der Waals surface area contributed by atoms with Gasteiger partial charge in [0.15, 0.2) is 0 Å². The minimum Gasteiger partial charge on any atom is -0.305 e. The quantitative estimate of drug-likeness (QED) is 0.590. The summed E-state index contributed by atoms with van der Waals surface area (Å²) in [6.45, 7) is 12.1. The second-order valence-corrected chi connectivity index (χ2v) is 9.84. The van der Waals surface area contributed by atoms with E-state index in [1.165, 1.54) is 16.9 Å². The van der Waals surface area contributed by atoms with E-state index in [4.69, 9.17) is 0 Å². The molecule has 0 saturated carbocycles. The molecule has 1 aliphatic carbocycles. The Morgan fingerprint density at radius 2 is 1.76 bits per heavy atom. The van der Waals surface area contributed by atoms with Gasteiger partial charge in [-0.1, -0.05) is 43.0 Å². The van der Waals surface area contributed by atoms with Crippen LogP contribution in [0.4, 0.5) is 0 Å². The third-order valence-corrected chi connectivity index (χ3v) is 7.15. The van der Waals surface area contributed by atoms with Crippen LogP contribution in [0.1, 0.15) is 40.5 Å². The van der Waals surface area contributed by atoms with Crippen LogP contribution in [-0.2, 0) is 0 Å². The molecule has 2 unspecified atom stereocenters. The van der Waals surface area contributed by atoms with Gasteiger partial charge in [-0.05, 0) is 59.8 Å². The molecule has 0 fully saturated rings. The SMILES string of the molecule is C=S(=C)(NCCN(CCC)C(C)C(C)N(C)C)C1=C(C)C=CCC=C1. The summed E-state index contributed by atoms with van der Waals surface area (Å²) in [5, 5.41) is 0. The Morgan fingerprint density at radius 3 is 2.36 bits per heavy atom. The van der Waals surface area contributed by atoms with Crippen molar-refractivity contribution in [3.8, 4) is 0 Å². The highest BCUT2D eigenvalue weighted by Gasteiger charge is 2.20. The van der Waals surface area contributed by atoms with Gasteiger partial charge < -0.3 is 4.90 Å². The average molecular weight is 366 g/mol. The van der Waals surface area contributed by atoms with Crippen molar-refractivity contribution in [2.24, 2.45) is 0 Å². The van der Waals surface area contributed by atoms with Crippen LogP contribution in [0.25, 0.3) is 0 Å². The molecule has 0 amide bonds. The van der Waals surface area contributed by atoms with E-state index < -0.39 is 9.39 Å². The van der Waals surface area contributed by atoms with E-state index >= 15 is 0 Å². The number of allylic oxidation sites excluding steroid dienone is 5. The van der Waals surface area contributed by atoms with Crippen molar-refractivity contribution in [1.82, 2.24) is 14.5 Å². The van der Waals surface area contributed by atoms with Gasteiger partial charge in [0.25, 0.3) is 0 Å². The van der Waals surface area contributed by atoms with Crippen LogP contribution in [0.2, 0.25) is 0 Å². The zero-order valence-electron chi connectivity index (χ0n) is 17.2. The highest BCUT2D eigenvalue weighted by atomic mass is 32.2. The molecule has 0 aromatic carbocycles. The first-order valence-electron chi connectivity index (χ1n) is 9.39. The van der Waals surface area contributed by atoms with Gasteiger partial charge in [0.2, 0.25) is 0 Å². The third-order valence-electron chi connectivity index (χ3n) is 5.10. The van der Waals surface area contributed by atoms with Gasteiger partial charge in [0.05, 0.1) is 0 Å². The normalized spacial score (nSPS) is 18.1. The zero-order chi connectivity index (χ0) is 19.0. The third kappa shape index (κ3) is 6.78. The highest BCUT2D eigenvalue weighted by molar-refractivity contribution is 8.29. The monoisotopic (exact) mass is 365 g/mol. The van der Waals surface area contributed by atoms with Gasteiger partial charge >= 0.3 is 0 Å². The largest absolute Gasteiger partial charge is 0.305 e. The first-order valence-corrected chi connectivity index (χ1v) is 11.4. The maximum absolute atomic E-state index is 4.43. The summed E-state index contributed by atoms with van der Waals surface area (Å²) in [4.78, 5) is 6.14. The van der Waals surface area contributed by atoms with Crippen LogP contribution < -0.4 is 4.72 Å². The van der Waals surface area contributed by atoms with Gasteiger partial charge in [-0.25, -0.2) is 0 Å². The Hall–Kier alpha value is -0.810. The molecule has 1 N–H and O–H groups in total. The second kappa shape index (κ2) is 10.4. The molecule has 4 heteroatoms. The molecular weight excluding hydrogens is 326 g/mol. The summed E-state index contributed by atoms with van der Waals surface area (Å²) in [6.07, 6.45) is 11.0. The standard InChI is InChI=1S/C21H39N3S/c1-9-16-24(20(4)19(3)23(5)6)17-15-22-25(7,8)21-14-12-10-11-13-18(21)2/h11-14,19-20,22H,7-10,15-17H2,1-6H3. The molecule has 144 valence electrons. The van der Waals surface area contributed by atoms with E-state index in [-0.39, 0.29) is 0 Å². The summed E-state index contributed by atoms with van der Waals surface area (Å²) < 4.78 is 3.66. The van der Waals surface area contributed by atoms with Crippen LogP contribution in [-0.4, -0.2) is 67.4 Å². The summed E-state index contributed by atoms with van der Waals surface area (Å²) in [5.74, 6) is 8.86. The topological polar surface area (TPSA) is 18.5 Å². The van der Waals surface area contributed by atoms with Gasteiger partial charge in [0.1, 0.15) is 0 Å². The number of nitrogens with zero attached hydrogens (tertiary/aromatic N) is 2. The Bertz CT molecular complexity index is 597. The Morgan fingerprint density at radius 1 is 1.12 bits per heavy atom. The number of nitrogens with one attached hydrogen (secondary N) is 1. The lowest BCUT2D eigenvalue weighted by Gasteiger charge is -2.36. The molecule has 0 aromatic heterocycles. The van der Waals surface area contributed by atoms with Crippen molar-refractivity contribution in [1.29, 1.82) is 0 Å². The average Bonchev–Trinajstić information content (AvgIpc) is 2.77. The van der Waals surface area contributed by atoms with Gasteiger partial charge in [-0.15, -0.1) is 9.39 Å². The zero-order valence-corrected chi connectivity index (χ0v) is 18.0. The molecule has 2 atom stereocenters. The molecule has 0 heterocycles. The van der Waals surface area contributed by atoms with E-state index in [9.17, 15) is 0 Å². The van der Waals surface area contributed by atoms with Crippen LogP contribution >= 0.6 is 9.39 Å². The van der Waals surface area contributed by atoms with Crippen molar-refractivity contribution in [2.75, 3.05) is 33.7 Å². The molecule has 25 heavy (non-hydrogen) atoms. The van der Waals surface area contributed by atoms with Crippen molar-refractivity contribution in [2.45, 2.75) is 52.6 Å². The van der Waals surface area contributed by atoms with Crippen molar-refractivity contribution in [3.63, 3.8) is 0 Å². The Kier molecular flexibility index (Phi) is 9.22. The molecular formula is C21H39N3S. The van der Waals surface area contributed by atoms with Crippen LogP contribution in [0.3, 0.4) is 0 Å². The summed E-state index contributed by atoms with van der Waals surface area (Å²) >= 11 is 0. The van der Waals surface area contributed by atoms with E-state index in [1.807, 2.05) is 0 Å². The highest BCUT2D eigenvalue weighted by Crippen LogP contribution is 2.32. The van der Waals surface area contributed by atoms with Crippen LogP contribution in [0.5, 0.6) is 0 Å². The minimum absolute atomic E-state index is 0.525. The van der Waals surface area contributed by atoms with Crippen molar-refractivity contribution >= 4 is 21.1 Å².